The number of piperidine rings is 1. The zero-order valence-electron chi connectivity index (χ0n) is 21.3. The normalized spacial score (nSPS) is 15.6. The van der Waals surface area contributed by atoms with Crippen LogP contribution in [0.5, 0.6) is 11.6 Å². The summed E-state index contributed by atoms with van der Waals surface area (Å²) in [6.45, 7) is 5.11. The number of nitrogens with zero attached hydrogens (tertiary/aromatic N) is 1. The summed E-state index contributed by atoms with van der Waals surface area (Å²) in [5.74, 6) is -0.260. The van der Waals surface area contributed by atoms with Crippen LogP contribution in [0.4, 0.5) is 11.4 Å². The van der Waals surface area contributed by atoms with Gasteiger partial charge < -0.3 is 25.5 Å². The van der Waals surface area contributed by atoms with Gasteiger partial charge in [-0.05, 0) is 62.1 Å². The van der Waals surface area contributed by atoms with E-state index in [0.717, 1.165) is 48.5 Å². The largest absolute Gasteiger partial charge is 0.506 e. The number of aromatic hydroxyl groups is 2. The van der Waals surface area contributed by atoms with Crippen molar-refractivity contribution >= 4 is 32.7 Å². The summed E-state index contributed by atoms with van der Waals surface area (Å²) in [6.07, 6.45) is 1.43. The molecule has 0 saturated carbocycles. The minimum atomic E-state index is -3.63. The summed E-state index contributed by atoms with van der Waals surface area (Å²) in [6, 6.07) is 12.8. The number of sulfonamides is 1. The first kappa shape index (κ1) is 28.0. The molecule has 1 atom stereocenters. The molecule has 1 aliphatic rings. The zero-order valence-corrected chi connectivity index (χ0v) is 23.0. The van der Waals surface area contributed by atoms with Crippen molar-refractivity contribution in [1.82, 2.24) is 10.3 Å². The van der Waals surface area contributed by atoms with E-state index in [2.05, 4.69) is 32.1 Å². The molecular formula is C26H34N4O6S2. The fourth-order valence-corrected chi connectivity index (χ4v) is 5.80. The lowest BCUT2D eigenvalue weighted by Gasteiger charge is -2.34. The number of aromatic nitrogens is 1. The van der Waals surface area contributed by atoms with Gasteiger partial charge in [0.2, 0.25) is 15.9 Å². The second kappa shape index (κ2) is 11.8. The van der Waals surface area contributed by atoms with Crippen LogP contribution in [0.3, 0.4) is 0 Å². The summed E-state index contributed by atoms with van der Waals surface area (Å²) in [4.78, 5) is 16.4. The van der Waals surface area contributed by atoms with E-state index in [-0.39, 0.29) is 28.2 Å². The van der Waals surface area contributed by atoms with Crippen molar-refractivity contribution in [2.45, 2.75) is 50.5 Å². The van der Waals surface area contributed by atoms with Crippen LogP contribution in [-0.4, -0.2) is 59.6 Å². The fraction of sp³-hybridized carbons (Fsp3) is 0.423. The van der Waals surface area contributed by atoms with Gasteiger partial charge in [0.1, 0.15) is 5.75 Å². The number of nitrogens with one attached hydrogen (secondary N) is 3. The number of phenolic OH excluding ortho intramolecular Hbond substituents is 1. The Balaban J connectivity index is 1.27. The summed E-state index contributed by atoms with van der Waals surface area (Å²) in [7, 11) is -3.63. The number of aliphatic hydroxyl groups is 1. The number of thiazole rings is 1. The molecular weight excluding hydrogens is 528 g/mol. The number of benzene rings is 2. The van der Waals surface area contributed by atoms with Crippen LogP contribution in [0.1, 0.15) is 48.8 Å². The average Bonchev–Trinajstić information content (AvgIpc) is 3.20. The number of anilines is 2. The molecule has 1 aromatic heterocycles. The van der Waals surface area contributed by atoms with Crippen molar-refractivity contribution in [3.63, 3.8) is 0 Å². The molecule has 1 aliphatic heterocycles. The van der Waals surface area contributed by atoms with Crippen LogP contribution < -0.4 is 19.8 Å². The molecule has 1 unspecified atom stereocenters. The first-order valence-corrected chi connectivity index (χ1v) is 14.9. The zero-order chi connectivity index (χ0) is 27.4. The maximum Gasteiger partial charge on any atom is 0.307 e. The third-order valence-electron chi connectivity index (χ3n) is 6.74. The number of phenols is 1. The van der Waals surface area contributed by atoms with Gasteiger partial charge in [0.25, 0.3) is 0 Å². The van der Waals surface area contributed by atoms with E-state index in [0.29, 0.717) is 23.4 Å². The van der Waals surface area contributed by atoms with Crippen LogP contribution >= 0.6 is 11.3 Å². The van der Waals surface area contributed by atoms with Crippen molar-refractivity contribution < 1.29 is 23.7 Å². The maximum atomic E-state index is 12.2. The SMILES string of the molecule is CC(C)S(=O)(=O)Nc1cc(C(O)CNC2CCN(c3ccc(Cc4sc(=O)[nH]c4O)cc3)CC2)ccc1O. The lowest BCUT2D eigenvalue weighted by Crippen LogP contribution is -2.43. The number of hydrogen-bond acceptors (Lipinski definition) is 9. The second-order valence-electron chi connectivity index (χ2n) is 9.79. The molecule has 0 spiro atoms. The van der Waals surface area contributed by atoms with Crippen molar-refractivity contribution in [1.29, 1.82) is 0 Å². The fourth-order valence-electron chi connectivity index (χ4n) is 4.33. The predicted octanol–water partition coefficient (Wildman–Crippen LogP) is 2.88. The van der Waals surface area contributed by atoms with E-state index in [1.54, 1.807) is 19.9 Å². The van der Waals surface area contributed by atoms with Crippen molar-refractivity contribution in [2.24, 2.45) is 0 Å². The Labute approximate surface area is 226 Å². The smallest absolute Gasteiger partial charge is 0.307 e. The molecule has 2 heterocycles. The van der Waals surface area contributed by atoms with E-state index < -0.39 is 21.4 Å². The molecule has 206 valence electrons. The van der Waals surface area contributed by atoms with E-state index >= 15 is 0 Å². The van der Waals surface area contributed by atoms with E-state index in [9.17, 15) is 28.5 Å². The third kappa shape index (κ3) is 6.87. The molecule has 10 nitrogen and oxygen atoms in total. The number of rotatable bonds is 10. The number of H-pyrrole nitrogens is 1. The molecule has 6 N–H and O–H groups in total. The average molecular weight is 563 g/mol. The summed E-state index contributed by atoms with van der Waals surface area (Å²) < 4.78 is 26.7. The van der Waals surface area contributed by atoms with Gasteiger partial charge in [-0.25, -0.2) is 8.42 Å². The summed E-state index contributed by atoms with van der Waals surface area (Å²) in [5.41, 5.74) is 2.68. The van der Waals surface area contributed by atoms with Gasteiger partial charge in [-0.1, -0.05) is 29.5 Å². The first-order valence-electron chi connectivity index (χ1n) is 12.5. The monoisotopic (exact) mass is 562 g/mol. The Kier molecular flexibility index (Phi) is 8.66. The van der Waals surface area contributed by atoms with Gasteiger partial charge in [0, 0.05) is 37.8 Å². The van der Waals surface area contributed by atoms with Crippen LogP contribution in [-0.2, 0) is 16.4 Å². The molecule has 1 saturated heterocycles. The molecule has 0 radical (unpaired) electrons. The van der Waals surface area contributed by atoms with E-state index in [1.165, 1.54) is 12.1 Å². The van der Waals surface area contributed by atoms with Crippen LogP contribution in [0.2, 0.25) is 0 Å². The lowest BCUT2D eigenvalue weighted by atomic mass is 10.0. The lowest BCUT2D eigenvalue weighted by molar-refractivity contribution is 0.167. The highest BCUT2D eigenvalue weighted by atomic mass is 32.2. The molecule has 0 amide bonds. The Hall–Kier alpha value is -3.06. The maximum absolute atomic E-state index is 12.2. The molecule has 1 fully saturated rings. The molecule has 4 rings (SSSR count). The standard InChI is InChI=1S/C26H34N4O6S2/c1-16(2)38(35,36)29-21-14-18(5-8-22(21)31)23(32)15-27-19-9-11-30(12-10-19)20-6-3-17(4-7-20)13-24-25(33)28-26(34)37-24/h3-8,14,16,19,23,27,29,31-33H,9-13,15H2,1-2H3,(H,28,34). The number of hydrogen-bond donors (Lipinski definition) is 6. The summed E-state index contributed by atoms with van der Waals surface area (Å²) >= 11 is 1.02. The van der Waals surface area contributed by atoms with Crippen molar-refractivity contribution in [2.75, 3.05) is 29.3 Å². The topological polar surface area (TPSA) is 155 Å². The Morgan fingerprint density at radius 3 is 2.39 bits per heavy atom. The highest BCUT2D eigenvalue weighted by molar-refractivity contribution is 7.93. The molecule has 12 heteroatoms. The molecule has 2 aromatic carbocycles. The molecule has 0 bridgehead atoms. The molecule has 0 aliphatic carbocycles. The van der Waals surface area contributed by atoms with Crippen LogP contribution in [0, 0.1) is 0 Å². The van der Waals surface area contributed by atoms with Gasteiger partial charge >= 0.3 is 4.87 Å². The quantitative estimate of drug-likeness (QED) is 0.206. The summed E-state index contributed by atoms with van der Waals surface area (Å²) in [5, 5.41) is 33.3. The second-order valence-corrected chi connectivity index (χ2v) is 13.1. The van der Waals surface area contributed by atoms with E-state index in [4.69, 9.17) is 0 Å². The Morgan fingerprint density at radius 2 is 1.79 bits per heavy atom. The Morgan fingerprint density at radius 1 is 1.11 bits per heavy atom. The van der Waals surface area contributed by atoms with E-state index in [1.807, 2.05) is 12.1 Å². The van der Waals surface area contributed by atoms with Gasteiger partial charge in [-0.2, -0.15) is 0 Å². The van der Waals surface area contributed by atoms with Crippen molar-refractivity contribution in [3.8, 4) is 11.6 Å². The first-order chi connectivity index (χ1) is 18.0. The molecule has 38 heavy (non-hydrogen) atoms. The highest BCUT2D eigenvalue weighted by Crippen LogP contribution is 2.29. The predicted molar refractivity (Wildman–Crippen MR) is 150 cm³/mol. The Bertz CT molecular complexity index is 1390. The number of aliphatic hydroxyl groups excluding tert-OH is 1. The van der Waals surface area contributed by atoms with Gasteiger partial charge in [0.05, 0.1) is 21.9 Å². The van der Waals surface area contributed by atoms with Gasteiger partial charge in [0.15, 0.2) is 0 Å². The van der Waals surface area contributed by atoms with Crippen molar-refractivity contribution in [3.05, 3.63) is 68.1 Å². The van der Waals surface area contributed by atoms with Gasteiger partial charge in [-0.15, -0.1) is 0 Å². The highest BCUT2D eigenvalue weighted by Gasteiger charge is 2.22. The van der Waals surface area contributed by atoms with Crippen LogP contribution in [0.25, 0.3) is 0 Å². The molecule has 3 aromatic rings. The number of aromatic amines is 1. The van der Waals surface area contributed by atoms with Crippen LogP contribution in [0.15, 0.2) is 47.3 Å². The van der Waals surface area contributed by atoms with Gasteiger partial charge in [-0.3, -0.25) is 14.5 Å². The third-order valence-corrected chi connectivity index (χ3v) is 9.36. The minimum absolute atomic E-state index is 0.0512. The minimum Gasteiger partial charge on any atom is -0.506 e.